The molecule has 1 amide bonds. The van der Waals surface area contributed by atoms with Gasteiger partial charge in [-0.25, -0.2) is 4.98 Å². The van der Waals surface area contributed by atoms with Gasteiger partial charge in [-0.1, -0.05) is 0 Å². The Morgan fingerprint density at radius 3 is 2.35 bits per heavy atom. The molecule has 6 nitrogen and oxygen atoms in total. The fourth-order valence-electron chi connectivity index (χ4n) is 3.45. The van der Waals surface area contributed by atoms with Gasteiger partial charge in [-0.2, -0.15) is 13.2 Å². The number of ether oxygens (including phenoxy) is 2. The number of halogens is 3. The molecule has 2 heterocycles. The van der Waals surface area contributed by atoms with Crippen LogP contribution in [0.2, 0.25) is 0 Å². The molecule has 1 fully saturated rings. The topological polar surface area (TPSA) is 63.7 Å². The Labute approximate surface area is 179 Å². The molecule has 3 rings (SSSR count). The predicted molar refractivity (Wildman–Crippen MR) is 111 cm³/mol. The summed E-state index contributed by atoms with van der Waals surface area (Å²) in [4.78, 5) is 18.6. The van der Waals surface area contributed by atoms with Crippen LogP contribution in [0.15, 0.2) is 36.5 Å². The van der Waals surface area contributed by atoms with Crippen LogP contribution in [0.4, 0.5) is 19.0 Å². The first-order valence-electron chi connectivity index (χ1n) is 10.3. The Morgan fingerprint density at radius 2 is 1.77 bits per heavy atom. The van der Waals surface area contributed by atoms with Crippen LogP contribution in [-0.4, -0.2) is 43.2 Å². The van der Waals surface area contributed by atoms with Crippen molar-refractivity contribution >= 4 is 11.7 Å². The third-order valence-electron chi connectivity index (χ3n) is 5.03. The van der Waals surface area contributed by atoms with Gasteiger partial charge in [0.1, 0.15) is 5.82 Å². The number of piperidine rings is 1. The van der Waals surface area contributed by atoms with E-state index in [-0.39, 0.29) is 11.9 Å². The standard InChI is InChI=1S/C22H26F3N3O3/c1-3-30-18-7-5-15(13-19(18)31-4-2)21(29)27-17-9-11-28(12-10-17)20-8-6-16(14-26-20)22(23,24)25/h5-8,13-14,17H,3-4,9-12H2,1-2H3,(H,27,29). The number of pyridine rings is 1. The molecule has 31 heavy (non-hydrogen) atoms. The molecule has 1 aromatic heterocycles. The Balaban J connectivity index is 1.57. The van der Waals surface area contributed by atoms with Crippen molar-refractivity contribution in [2.75, 3.05) is 31.2 Å². The number of nitrogens with zero attached hydrogens (tertiary/aromatic N) is 2. The minimum absolute atomic E-state index is 0.0275. The second-order valence-electron chi connectivity index (χ2n) is 7.17. The normalized spacial score (nSPS) is 14.9. The summed E-state index contributed by atoms with van der Waals surface area (Å²) in [5.74, 6) is 1.43. The Kier molecular flexibility index (Phi) is 7.25. The van der Waals surface area contributed by atoms with Crippen LogP contribution >= 0.6 is 0 Å². The minimum atomic E-state index is -4.40. The molecule has 9 heteroatoms. The fraction of sp³-hybridized carbons (Fsp3) is 0.455. The maximum atomic E-state index is 12.7. The summed E-state index contributed by atoms with van der Waals surface area (Å²) in [5.41, 5.74) is -0.279. The molecule has 1 aliphatic rings. The van der Waals surface area contributed by atoms with Crippen LogP contribution in [0.3, 0.4) is 0 Å². The van der Waals surface area contributed by atoms with E-state index in [9.17, 15) is 18.0 Å². The van der Waals surface area contributed by atoms with Gasteiger partial charge in [0.05, 0.1) is 18.8 Å². The van der Waals surface area contributed by atoms with Crippen molar-refractivity contribution < 1.29 is 27.4 Å². The number of hydrogen-bond acceptors (Lipinski definition) is 5. The van der Waals surface area contributed by atoms with Crippen molar-refractivity contribution in [3.63, 3.8) is 0 Å². The molecule has 0 spiro atoms. The van der Waals surface area contributed by atoms with Crippen LogP contribution in [-0.2, 0) is 6.18 Å². The summed E-state index contributed by atoms with van der Waals surface area (Å²) >= 11 is 0. The average molecular weight is 437 g/mol. The van der Waals surface area contributed by atoms with Crippen LogP contribution < -0.4 is 19.7 Å². The maximum Gasteiger partial charge on any atom is 0.417 e. The first kappa shape index (κ1) is 22.7. The molecule has 0 radical (unpaired) electrons. The number of aromatic nitrogens is 1. The number of benzene rings is 1. The van der Waals surface area contributed by atoms with Crippen LogP contribution in [0, 0.1) is 0 Å². The van der Waals surface area contributed by atoms with Crippen molar-refractivity contribution in [1.29, 1.82) is 0 Å². The van der Waals surface area contributed by atoms with Gasteiger partial charge in [0.15, 0.2) is 11.5 Å². The number of hydrogen-bond donors (Lipinski definition) is 1. The summed E-state index contributed by atoms with van der Waals surface area (Å²) < 4.78 is 49.2. The Hall–Kier alpha value is -2.97. The highest BCUT2D eigenvalue weighted by Crippen LogP contribution is 2.30. The zero-order chi connectivity index (χ0) is 22.4. The quantitative estimate of drug-likeness (QED) is 0.700. The summed E-state index contributed by atoms with van der Waals surface area (Å²) in [7, 11) is 0. The van der Waals surface area contributed by atoms with Crippen LogP contribution in [0.25, 0.3) is 0 Å². The molecule has 0 bridgehead atoms. The molecular formula is C22H26F3N3O3. The van der Waals surface area contributed by atoms with Gasteiger partial charge >= 0.3 is 6.18 Å². The minimum Gasteiger partial charge on any atom is -0.490 e. The van der Waals surface area contributed by atoms with E-state index in [2.05, 4.69) is 10.3 Å². The Morgan fingerprint density at radius 1 is 1.10 bits per heavy atom. The van der Waals surface area contributed by atoms with Crippen molar-refractivity contribution in [3.8, 4) is 11.5 Å². The van der Waals surface area contributed by atoms with Gasteiger partial charge in [-0.3, -0.25) is 4.79 Å². The molecule has 168 valence electrons. The van der Waals surface area contributed by atoms with Gasteiger partial charge in [-0.15, -0.1) is 0 Å². The fourth-order valence-corrected chi connectivity index (χ4v) is 3.45. The lowest BCUT2D eigenvalue weighted by Crippen LogP contribution is -2.45. The summed E-state index contributed by atoms with van der Waals surface area (Å²) in [6, 6.07) is 7.49. The summed E-state index contributed by atoms with van der Waals surface area (Å²) in [5, 5.41) is 3.03. The van der Waals surface area contributed by atoms with Crippen LogP contribution in [0.1, 0.15) is 42.6 Å². The van der Waals surface area contributed by atoms with Gasteiger partial charge < -0.3 is 19.7 Å². The zero-order valence-corrected chi connectivity index (χ0v) is 17.5. The van der Waals surface area contributed by atoms with E-state index in [1.54, 1.807) is 18.2 Å². The van der Waals surface area contributed by atoms with E-state index in [0.717, 1.165) is 12.3 Å². The number of carbonyl (C=O) groups excluding carboxylic acids is 1. The predicted octanol–water partition coefficient (Wildman–Crippen LogP) is 4.30. The maximum absolute atomic E-state index is 12.7. The zero-order valence-electron chi connectivity index (χ0n) is 17.5. The van der Waals surface area contributed by atoms with E-state index in [0.29, 0.717) is 62.0 Å². The average Bonchev–Trinajstić information content (AvgIpc) is 2.75. The second-order valence-corrected chi connectivity index (χ2v) is 7.17. The lowest BCUT2D eigenvalue weighted by atomic mass is 10.0. The second kappa shape index (κ2) is 9.89. The Bertz CT molecular complexity index is 880. The van der Waals surface area contributed by atoms with Crippen LogP contribution in [0.5, 0.6) is 11.5 Å². The highest BCUT2D eigenvalue weighted by atomic mass is 19.4. The number of anilines is 1. The third-order valence-corrected chi connectivity index (χ3v) is 5.03. The SMILES string of the molecule is CCOc1ccc(C(=O)NC2CCN(c3ccc(C(F)(F)F)cn3)CC2)cc1OCC. The number of nitrogens with one attached hydrogen (secondary N) is 1. The smallest absolute Gasteiger partial charge is 0.417 e. The van der Waals surface area contributed by atoms with Crippen molar-refractivity contribution in [2.45, 2.75) is 38.9 Å². The molecular weight excluding hydrogens is 411 g/mol. The number of amides is 1. The van der Waals surface area contributed by atoms with E-state index < -0.39 is 11.7 Å². The van der Waals surface area contributed by atoms with Gasteiger partial charge in [0, 0.05) is 30.9 Å². The van der Waals surface area contributed by atoms with Crippen molar-refractivity contribution in [1.82, 2.24) is 10.3 Å². The molecule has 0 aliphatic carbocycles. The molecule has 1 aliphatic heterocycles. The summed E-state index contributed by atoms with van der Waals surface area (Å²) in [6.07, 6.45) is -2.20. The molecule has 0 saturated carbocycles. The third kappa shape index (κ3) is 5.80. The summed E-state index contributed by atoms with van der Waals surface area (Å²) in [6.45, 7) is 5.89. The highest BCUT2D eigenvalue weighted by molar-refractivity contribution is 5.95. The van der Waals surface area contributed by atoms with Gasteiger partial charge in [-0.05, 0) is 57.0 Å². The van der Waals surface area contributed by atoms with Gasteiger partial charge in [0.25, 0.3) is 5.91 Å². The highest BCUT2D eigenvalue weighted by Gasteiger charge is 2.31. The number of carbonyl (C=O) groups is 1. The van der Waals surface area contributed by atoms with E-state index >= 15 is 0 Å². The van der Waals surface area contributed by atoms with E-state index in [1.165, 1.54) is 6.07 Å². The molecule has 1 saturated heterocycles. The van der Waals surface area contributed by atoms with Crippen molar-refractivity contribution in [2.24, 2.45) is 0 Å². The number of rotatable bonds is 7. The van der Waals surface area contributed by atoms with E-state index in [1.807, 2.05) is 18.7 Å². The van der Waals surface area contributed by atoms with Gasteiger partial charge in [0.2, 0.25) is 0 Å². The first-order chi connectivity index (χ1) is 14.8. The largest absolute Gasteiger partial charge is 0.490 e. The lowest BCUT2D eigenvalue weighted by molar-refractivity contribution is -0.137. The lowest BCUT2D eigenvalue weighted by Gasteiger charge is -2.33. The van der Waals surface area contributed by atoms with E-state index in [4.69, 9.17) is 9.47 Å². The number of alkyl halides is 3. The molecule has 2 aromatic rings. The molecule has 1 aromatic carbocycles. The molecule has 1 N–H and O–H groups in total. The van der Waals surface area contributed by atoms with Crippen molar-refractivity contribution in [3.05, 3.63) is 47.7 Å². The first-order valence-corrected chi connectivity index (χ1v) is 10.3. The monoisotopic (exact) mass is 437 g/mol. The molecule has 0 unspecified atom stereocenters. The molecule has 0 atom stereocenters.